The largest absolute Gasteiger partial charge is 0.371 e. The first kappa shape index (κ1) is 13.4. The number of carbonyl (C=O) groups is 1. The Morgan fingerprint density at radius 1 is 1.35 bits per heavy atom. The van der Waals surface area contributed by atoms with Crippen LogP contribution in [0.4, 0.5) is 11.4 Å². The van der Waals surface area contributed by atoms with Gasteiger partial charge in [0.1, 0.15) is 6.04 Å². The third kappa shape index (κ3) is 1.99. The molecule has 1 aromatic rings. The molecule has 2 aliphatic rings. The number of fused-ring (bicyclic) bond motifs is 1. The van der Waals surface area contributed by atoms with E-state index in [1.165, 1.54) is 12.1 Å². The van der Waals surface area contributed by atoms with E-state index in [-0.39, 0.29) is 5.91 Å². The average molecular weight is 273 g/mol. The fraction of sp³-hybridized carbons (Fsp3) is 0.562. The van der Waals surface area contributed by atoms with Crippen molar-refractivity contribution in [2.24, 2.45) is 17.6 Å². The Morgan fingerprint density at radius 2 is 2.10 bits per heavy atom. The van der Waals surface area contributed by atoms with Gasteiger partial charge in [-0.1, -0.05) is 19.9 Å². The Balaban J connectivity index is 1.86. The van der Waals surface area contributed by atoms with Gasteiger partial charge in [0.15, 0.2) is 0 Å². The summed E-state index contributed by atoms with van der Waals surface area (Å²) >= 11 is 0. The fourth-order valence-electron chi connectivity index (χ4n) is 3.31. The van der Waals surface area contributed by atoms with Crippen LogP contribution in [0.25, 0.3) is 0 Å². The highest BCUT2D eigenvalue weighted by molar-refractivity contribution is 6.04. The molecule has 0 bridgehead atoms. The number of rotatable bonds is 2. The highest BCUT2D eigenvalue weighted by Gasteiger charge is 2.33. The molecule has 2 atom stereocenters. The Morgan fingerprint density at radius 3 is 2.75 bits per heavy atom. The Hall–Kier alpha value is -1.55. The molecule has 0 radical (unpaired) electrons. The summed E-state index contributed by atoms with van der Waals surface area (Å²) in [6.07, 6.45) is 1.25. The summed E-state index contributed by atoms with van der Waals surface area (Å²) < 4.78 is 0. The quantitative estimate of drug-likeness (QED) is 0.898. The molecule has 108 valence electrons. The van der Waals surface area contributed by atoms with Crippen molar-refractivity contribution in [2.45, 2.75) is 26.3 Å². The Bertz CT molecular complexity index is 541. The van der Waals surface area contributed by atoms with Crippen LogP contribution in [-0.2, 0) is 4.79 Å². The summed E-state index contributed by atoms with van der Waals surface area (Å²) in [5.74, 6) is 1.48. The summed E-state index contributed by atoms with van der Waals surface area (Å²) in [7, 11) is 1.80. The lowest BCUT2D eigenvalue weighted by Gasteiger charge is -2.21. The van der Waals surface area contributed by atoms with E-state index in [9.17, 15) is 4.79 Å². The molecule has 1 aromatic carbocycles. The zero-order valence-corrected chi connectivity index (χ0v) is 12.5. The summed E-state index contributed by atoms with van der Waals surface area (Å²) in [5, 5.41) is 0. The lowest BCUT2D eigenvalue weighted by Crippen LogP contribution is -2.27. The normalized spacial score (nSPS) is 25.8. The summed E-state index contributed by atoms with van der Waals surface area (Å²) in [5.41, 5.74) is 9.06. The monoisotopic (exact) mass is 273 g/mol. The zero-order chi connectivity index (χ0) is 14.4. The minimum Gasteiger partial charge on any atom is -0.371 e. The van der Waals surface area contributed by atoms with Gasteiger partial charge in [0.05, 0.1) is 5.69 Å². The van der Waals surface area contributed by atoms with Gasteiger partial charge in [-0.2, -0.15) is 0 Å². The first-order valence-electron chi connectivity index (χ1n) is 7.41. The molecule has 2 heterocycles. The van der Waals surface area contributed by atoms with E-state index in [0.717, 1.165) is 36.2 Å². The third-order valence-electron chi connectivity index (χ3n) is 4.84. The van der Waals surface area contributed by atoms with Crippen molar-refractivity contribution < 1.29 is 4.79 Å². The van der Waals surface area contributed by atoms with E-state index in [2.05, 4.69) is 30.9 Å². The van der Waals surface area contributed by atoms with Gasteiger partial charge in [0.25, 0.3) is 0 Å². The van der Waals surface area contributed by atoms with Crippen LogP contribution in [0, 0.1) is 11.8 Å². The van der Waals surface area contributed by atoms with Crippen LogP contribution in [-0.4, -0.2) is 26.0 Å². The van der Waals surface area contributed by atoms with E-state index in [0.29, 0.717) is 0 Å². The molecule has 4 nitrogen and oxygen atoms in total. The van der Waals surface area contributed by atoms with Gasteiger partial charge < -0.3 is 15.5 Å². The molecule has 1 saturated heterocycles. The number of amides is 1. The van der Waals surface area contributed by atoms with Gasteiger partial charge >= 0.3 is 0 Å². The van der Waals surface area contributed by atoms with Crippen LogP contribution in [0.3, 0.4) is 0 Å². The van der Waals surface area contributed by atoms with Crippen LogP contribution >= 0.6 is 0 Å². The smallest absolute Gasteiger partial charge is 0.248 e. The Kier molecular flexibility index (Phi) is 3.21. The number of nitrogens with two attached hydrogens (primary N) is 1. The van der Waals surface area contributed by atoms with Crippen LogP contribution in [0.1, 0.15) is 31.9 Å². The maximum atomic E-state index is 11.9. The predicted molar refractivity (Wildman–Crippen MR) is 81.9 cm³/mol. The highest BCUT2D eigenvalue weighted by atomic mass is 16.2. The molecular formula is C16H23N3O. The molecule has 0 aliphatic carbocycles. The van der Waals surface area contributed by atoms with Crippen molar-refractivity contribution in [3.8, 4) is 0 Å². The van der Waals surface area contributed by atoms with Crippen molar-refractivity contribution in [2.75, 3.05) is 29.9 Å². The number of hydrogen-bond acceptors (Lipinski definition) is 3. The van der Waals surface area contributed by atoms with Crippen LogP contribution in [0.5, 0.6) is 0 Å². The van der Waals surface area contributed by atoms with Crippen molar-refractivity contribution in [1.82, 2.24) is 0 Å². The molecule has 4 heteroatoms. The Labute approximate surface area is 120 Å². The number of carbonyl (C=O) groups excluding carboxylic acids is 1. The lowest BCUT2D eigenvalue weighted by molar-refractivity contribution is -0.118. The summed E-state index contributed by atoms with van der Waals surface area (Å²) in [4.78, 5) is 16.0. The maximum Gasteiger partial charge on any atom is 0.248 e. The third-order valence-corrected chi connectivity index (χ3v) is 4.84. The molecule has 2 unspecified atom stereocenters. The SMILES string of the molecule is CC(C)C1CCN(c2ccc3c(c2)N(C)C(=O)C3N)C1. The molecule has 20 heavy (non-hydrogen) atoms. The lowest BCUT2D eigenvalue weighted by atomic mass is 9.95. The molecule has 0 aromatic heterocycles. The van der Waals surface area contributed by atoms with Crippen LogP contribution in [0.2, 0.25) is 0 Å². The molecule has 3 rings (SSSR count). The van der Waals surface area contributed by atoms with Gasteiger partial charge in [0.2, 0.25) is 5.91 Å². The maximum absolute atomic E-state index is 11.9. The number of hydrogen-bond donors (Lipinski definition) is 1. The number of benzene rings is 1. The van der Waals surface area contributed by atoms with E-state index in [1.54, 1.807) is 11.9 Å². The first-order valence-corrected chi connectivity index (χ1v) is 7.41. The first-order chi connectivity index (χ1) is 9.49. The molecule has 2 N–H and O–H groups in total. The van der Waals surface area contributed by atoms with E-state index in [1.807, 2.05) is 6.07 Å². The minimum atomic E-state index is -0.494. The van der Waals surface area contributed by atoms with Crippen LogP contribution in [0.15, 0.2) is 18.2 Å². The molecule has 0 spiro atoms. The summed E-state index contributed by atoms with van der Waals surface area (Å²) in [6.45, 7) is 6.80. The fourth-order valence-corrected chi connectivity index (χ4v) is 3.31. The summed E-state index contributed by atoms with van der Waals surface area (Å²) in [6, 6.07) is 5.74. The molecule has 1 fully saturated rings. The predicted octanol–water partition coefficient (Wildman–Crippen LogP) is 2.15. The van der Waals surface area contributed by atoms with Crippen molar-refractivity contribution >= 4 is 17.3 Å². The molecule has 0 saturated carbocycles. The molecule has 1 amide bonds. The van der Waals surface area contributed by atoms with Gasteiger partial charge in [-0.3, -0.25) is 4.79 Å². The number of likely N-dealkylation sites (N-methyl/N-ethyl adjacent to an activating group) is 1. The van der Waals surface area contributed by atoms with E-state index < -0.39 is 6.04 Å². The van der Waals surface area contributed by atoms with Gasteiger partial charge in [-0.25, -0.2) is 0 Å². The van der Waals surface area contributed by atoms with Crippen molar-refractivity contribution in [3.63, 3.8) is 0 Å². The standard InChI is InChI=1S/C16H23N3O/c1-10(2)11-6-7-19(9-11)12-4-5-13-14(8-12)18(3)16(20)15(13)17/h4-5,8,10-11,15H,6-7,9,17H2,1-3H3. The van der Waals surface area contributed by atoms with Crippen molar-refractivity contribution in [3.05, 3.63) is 23.8 Å². The van der Waals surface area contributed by atoms with Gasteiger partial charge in [0, 0.05) is 31.4 Å². The zero-order valence-electron chi connectivity index (χ0n) is 12.5. The van der Waals surface area contributed by atoms with Crippen LogP contribution < -0.4 is 15.5 Å². The number of anilines is 2. The van der Waals surface area contributed by atoms with Crippen molar-refractivity contribution in [1.29, 1.82) is 0 Å². The second kappa shape index (κ2) is 4.77. The number of nitrogens with zero attached hydrogens (tertiary/aromatic N) is 2. The second-order valence-electron chi connectivity index (χ2n) is 6.36. The van der Waals surface area contributed by atoms with Gasteiger partial charge in [-0.05, 0) is 30.4 Å². The van der Waals surface area contributed by atoms with E-state index >= 15 is 0 Å². The highest BCUT2D eigenvalue weighted by Crippen LogP contribution is 2.38. The average Bonchev–Trinajstić information content (AvgIpc) is 3.00. The van der Waals surface area contributed by atoms with E-state index in [4.69, 9.17) is 5.73 Å². The molecule has 2 aliphatic heterocycles. The second-order valence-corrected chi connectivity index (χ2v) is 6.36. The van der Waals surface area contributed by atoms with Gasteiger partial charge in [-0.15, -0.1) is 0 Å². The topological polar surface area (TPSA) is 49.6 Å². The molecular weight excluding hydrogens is 250 g/mol. The minimum absolute atomic E-state index is 0.0152.